The third-order valence-electron chi connectivity index (χ3n) is 3.81. The molecule has 1 N–H and O–H groups in total. The van der Waals surface area contributed by atoms with Crippen molar-refractivity contribution in [3.8, 4) is 0 Å². The van der Waals surface area contributed by atoms with Crippen LogP contribution in [-0.2, 0) is 14.3 Å². The zero-order valence-electron chi connectivity index (χ0n) is 13.9. The highest BCUT2D eigenvalue weighted by atomic mass is 16.6. The number of likely N-dealkylation sites (tertiary alicyclic amines) is 1. The normalized spacial score (nSPS) is 21.8. The summed E-state index contributed by atoms with van der Waals surface area (Å²) in [6.45, 7) is 8.44. The molecule has 0 aromatic carbocycles. The van der Waals surface area contributed by atoms with Gasteiger partial charge in [0.15, 0.2) is 0 Å². The Labute approximate surface area is 132 Å². The summed E-state index contributed by atoms with van der Waals surface area (Å²) in [6.07, 6.45) is 2.90. The van der Waals surface area contributed by atoms with Crippen LogP contribution in [0.1, 0.15) is 40.0 Å². The van der Waals surface area contributed by atoms with Crippen molar-refractivity contribution in [2.24, 2.45) is 11.8 Å². The van der Waals surface area contributed by atoms with Gasteiger partial charge in [0.1, 0.15) is 5.60 Å². The van der Waals surface area contributed by atoms with Gasteiger partial charge in [-0.3, -0.25) is 4.79 Å². The number of amides is 2. The number of hydrogen-bond donors (Lipinski definition) is 1. The Morgan fingerprint density at radius 1 is 1.23 bits per heavy atom. The van der Waals surface area contributed by atoms with E-state index in [1.807, 2.05) is 20.8 Å². The Hall–Kier alpha value is -1.30. The van der Waals surface area contributed by atoms with Crippen molar-refractivity contribution in [1.82, 2.24) is 10.2 Å². The van der Waals surface area contributed by atoms with Crippen LogP contribution in [0.15, 0.2) is 0 Å². The lowest BCUT2D eigenvalue weighted by Gasteiger charge is -2.24. The van der Waals surface area contributed by atoms with Crippen LogP contribution in [0.4, 0.5) is 4.79 Å². The van der Waals surface area contributed by atoms with Gasteiger partial charge >= 0.3 is 6.09 Å². The third-order valence-corrected chi connectivity index (χ3v) is 3.81. The molecule has 0 bridgehead atoms. The molecule has 0 aromatic rings. The molecule has 0 aromatic heterocycles. The molecule has 2 rings (SSSR count). The lowest BCUT2D eigenvalue weighted by molar-refractivity contribution is -0.124. The highest BCUT2D eigenvalue weighted by molar-refractivity contribution is 5.80. The van der Waals surface area contributed by atoms with Crippen molar-refractivity contribution in [2.45, 2.75) is 45.6 Å². The number of rotatable bonds is 6. The summed E-state index contributed by atoms with van der Waals surface area (Å²) in [4.78, 5) is 25.6. The van der Waals surface area contributed by atoms with Gasteiger partial charge in [-0.05, 0) is 46.0 Å². The first-order chi connectivity index (χ1) is 10.3. The molecule has 1 atom stereocenters. The van der Waals surface area contributed by atoms with Gasteiger partial charge < -0.3 is 19.7 Å². The zero-order chi connectivity index (χ0) is 16.2. The van der Waals surface area contributed by atoms with Crippen molar-refractivity contribution in [2.75, 3.05) is 32.8 Å². The molecule has 1 saturated heterocycles. The standard InChI is InChI=1S/C16H28N2O4/c1-16(2,3)22-15(20)18-8-6-13(10-18)14(19)17-7-9-21-11-12-4-5-12/h12-13H,4-11H2,1-3H3,(H,17,19). The summed E-state index contributed by atoms with van der Waals surface area (Å²) >= 11 is 0. The average molecular weight is 312 g/mol. The van der Waals surface area contributed by atoms with Gasteiger partial charge in [0.25, 0.3) is 0 Å². The molecule has 2 amide bonds. The molecule has 6 heteroatoms. The molecule has 1 saturated carbocycles. The molecule has 0 radical (unpaired) electrons. The van der Waals surface area contributed by atoms with Crippen molar-refractivity contribution in [3.05, 3.63) is 0 Å². The van der Waals surface area contributed by atoms with E-state index in [1.54, 1.807) is 4.90 Å². The SMILES string of the molecule is CC(C)(C)OC(=O)N1CCC(C(=O)NCCOCC2CC2)C1. The molecule has 1 unspecified atom stereocenters. The summed E-state index contributed by atoms with van der Waals surface area (Å²) in [5, 5.41) is 2.88. The Bertz CT molecular complexity index is 401. The van der Waals surface area contributed by atoms with E-state index in [4.69, 9.17) is 9.47 Å². The summed E-state index contributed by atoms with van der Waals surface area (Å²) in [7, 11) is 0. The topological polar surface area (TPSA) is 67.9 Å². The molecule has 22 heavy (non-hydrogen) atoms. The summed E-state index contributed by atoms with van der Waals surface area (Å²) in [6, 6.07) is 0. The van der Waals surface area contributed by atoms with Crippen LogP contribution in [0.5, 0.6) is 0 Å². The summed E-state index contributed by atoms with van der Waals surface area (Å²) < 4.78 is 10.8. The number of carbonyl (C=O) groups excluding carboxylic acids is 2. The van der Waals surface area contributed by atoms with E-state index < -0.39 is 5.60 Å². The van der Waals surface area contributed by atoms with Gasteiger partial charge in [-0.25, -0.2) is 4.79 Å². The molecular formula is C16H28N2O4. The minimum atomic E-state index is -0.504. The number of carbonyl (C=O) groups is 2. The number of hydrogen-bond acceptors (Lipinski definition) is 4. The molecule has 126 valence electrons. The van der Waals surface area contributed by atoms with Gasteiger partial charge in [0.05, 0.1) is 12.5 Å². The van der Waals surface area contributed by atoms with Crippen LogP contribution in [0.2, 0.25) is 0 Å². The Balaban J connectivity index is 1.61. The van der Waals surface area contributed by atoms with Gasteiger partial charge in [0, 0.05) is 26.2 Å². The van der Waals surface area contributed by atoms with E-state index in [-0.39, 0.29) is 17.9 Å². The van der Waals surface area contributed by atoms with E-state index in [0.717, 1.165) is 12.5 Å². The van der Waals surface area contributed by atoms with Gasteiger partial charge in [-0.15, -0.1) is 0 Å². The van der Waals surface area contributed by atoms with Crippen LogP contribution < -0.4 is 5.32 Å². The lowest BCUT2D eigenvalue weighted by atomic mass is 10.1. The highest BCUT2D eigenvalue weighted by Gasteiger charge is 2.33. The maximum Gasteiger partial charge on any atom is 0.410 e. The maximum absolute atomic E-state index is 12.1. The predicted molar refractivity (Wildman–Crippen MR) is 82.5 cm³/mol. The third kappa shape index (κ3) is 5.83. The molecule has 0 spiro atoms. The van der Waals surface area contributed by atoms with Crippen molar-refractivity contribution < 1.29 is 19.1 Å². The first-order valence-corrected chi connectivity index (χ1v) is 8.18. The molecule has 2 fully saturated rings. The molecule has 2 aliphatic rings. The summed E-state index contributed by atoms with van der Waals surface area (Å²) in [5.74, 6) is 0.602. The van der Waals surface area contributed by atoms with Crippen LogP contribution in [0.3, 0.4) is 0 Å². The fraction of sp³-hybridized carbons (Fsp3) is 0.875. The minimum absolute atomic E-state index is 0.00100. The lowest BCUT2D eigenvalue weighted by Crippen LogP contribution is -2.38. The number of nitrogens with one attached hydrogen (secondary N) is 1. The van der Waals surface area contributed by atoms with Crippen molar-refractivity contribution in [3.63, 3.8) is 0 Å². The molecule has 1 aliphatic carbocycles. The van der Waals surface area contributed by atoms with Gasteiger partial charge in [0.2, 0.25) is 5.91 Å². The fourth-order valence-electron chi connectivity index (χ4n) is 2.39. The second-order valence-electron chi connectivity index (χ2n) is 7.22. The zero-order valence-corrected chi connectivity index (χ0v) is 13.9. The van der Waals surface area contributed by atoms with Crippen LogP contribution in [0, 0.1) is 11.8 Å². The van der Waals surface area contributed by atoms with Crippen molar-refractivity contribution in [1.29, 1.82) is 0 Å². The van der Waals surface area contributed by atoms with Crippen LogP contribution in [-0.4, -0.2) is 55.3 Å². The van der Waals surface area contributed by atoms with Gasteiger partial charge in [-0.1, -0.05) is 0 Å². The first-order valence-electron chi connectivity index (χ1n) is 8.18. The molecular weight excluding hydrogens is 284 g/mol. The Morgan fingerprint density at radius 2 is 1.95 bits per heavy atom. The maximum atomic E-state index is 12.1. The molecule has 6 nitrogen and oxygen atoms in total. The van der Waals surface area contributed by atoms with Gasteiger partial charge in [-0.2, -0.15) is 0 Å². The second-order valence-corrected chi connectivity index (χ2v) is 7.22. The van der Waals surface area contributed by atoms with E-state index >= 15 is 0 Å². The number of ether oxygens (including phenoxy) is 2. The molecule has 1 heterocycles. The largest absolute Gasteiger partial charge is 0.444 e. The average Bonchev–Trinajstić information content (AvgIpc) is 3.10. The van der Waals surface area contributed by atoms with E-state index in [1.165, 1.54) is 12.8 Å². The minimum Gasteiger partial charge on any atom is -0.444 e. The Kier molecular flexibility index (Phi) is 5.67. The highest BCUT2D eigenvalue weighted by Crippen LogP contribution is 2.28. The quantitative estimate of drug-likeness (QED) is 0.759. The van der Waals surface area contributed by atoms with E-state index in [0.29, 0.717) is 32.7 Å². The second kappa shape index (κ2) is 7.31. The smallest absolute Gasteiger partial charge is 0.410 e. The predicted octanol–water partition coefficient (Wildman–Crippen LogP) is 1.79. The fourth-order valence-corrected chi connectivity index (χ4v) is 2.39. The number of nitrogens with zero attached hydrogens (tertiary/aromatic N) is 1. The Morgan fingerprint density at radius 3 is 2.59 bits per heavy atom. The first kappa shape index (κ1) is 17.1. The molecule has 1 aliphatic heterocycles. The van der Waals surface area contributed by atoms with Crippen LogP contribution in [0.25, 0.3) is 0 Å². The van der Waals surface area contributed by atoms with E-state index in [2.05, 4.69) is 5.32 Å². The van der Waals surface area contributed by atoms with Crippen molar-refractivity contribution >= 4 is 12.0 Å². The monoisotopic (exact) mass is 312 g/mol. The summed E-state index contributed by atoms with van der Waals surface area (Å²) in [5.41, 5.74) is -0.504. The van der Waals surface area contributed by atoms with Crippen LogP contribution >= 0.6 is 0 Å². The van der Waals surface area contributed by atoms with E-state index in [9.17, 15) is 9.59 Å².